The average Bonchev–Trinajstić information content (AvgIpc) is 2.54. The normalized spacial score (nSPS) is 20.9. The Hall–Kier alpha value is -1.48. The summed E-state index contributed by atoms with van der Waals surface area (Å²) in [5, 5.41) is 19.9. The van der Waals surface area contributed by atoms with E-state index in [9.17, 15) is 10.4 Å². The van der Waals surface area contributed by atoms with Gasteiger partial charge in [0.05, 0.1) is 17.7 Å². The highest BCUT2D eigenvalue weighted by molar-refractivity contribution is 6.32. The van der Waals surface area contributed by atoms with Gasteiger partial charge in [-0.3, -0.25) is 4.90 Å². The summed E-state index contributed by atoms with van der Waals surface area (Å²) >= 11 is 6.12. The summed E-state index contributed by atoms with van der Waals surface area (Å²) in [4.78, 5) is 4.51. The predicted molar refractivity (Wildman–Crippen MR) is 90.9 cm³/mol. The Kier molecular flexibility index (Phi) is 6.11. The van der Waals surface area contributed by atoms with Crippen LogP contribution in [0.4, 0.5) is 0 Å². The standard InChI is InChI=1S/C17H24ClN3O2/c1-4-13-11-20(3)6-7-21(13)15(10-19)12-8-14(18)17(22)16(9-12)23-5-2/h8-9,13,15,22H,4-7,11H2,1-3H3. The van der Waals surface area contributed by atoms with Gasteiger partial charge in [0.15, 0.2) is 11.5 Å². The highest BCUT2D eigenvalue weighted by Crippen LogP contribution is 2.38. The van der Waals surface area contributed by atoms with Crippen LogP contribution < -0.4 is 4.74 Å². The van der Waals surface area contributed by atoms with Gasteiger partial charge >= 0.3 is 0 Å². The molecule has 0 aromatic heterocycles. The van der Waals surface area contributed by atoms with Crippen LogP contribution in [0.1, 0.15) is 31.9 Å². The van der Waals surface area contributed by atoms with E-state index in [0.717, 1.165) is 31.6 Å². The van der Waals surface area contributed by atoms with Gasteiger partial charge in [-0.2, -0.15) is 5.26 Å². The largest absolute Gasteiger partial charge is 0.503 e. The summed E-state index contributed by atoms with van der Waals surface area (Å²) in [6.07, 6.45) is 0.979. The first-order valence-electron chi connectivity index (χ1n) is 8.00. The van der Waals surface area contributed by atoms with Gasteiger partial charge in [-0.25, -0.2) is 0 Å². The molecule has 0 saturated carbocycles. The predicted octanol–water partition coefficient (Wildman–Crippen LogP) is 3.03. The number of phenols is 1. The molecule has 1 N–H and O–H groups in total. The lowest BCUT2D eigenvalue weighted by Gasteiger charge is -2.42. The van der Waals surface area contributed by atoms with Crippen LogP contribution in [0.15, 0.2) is 12.1 Å². The number of hydrogen-bond donors (Lipinski definition) is 1. The van der Waals surface area contributed by atoms with Gasteiger partial charge in [0.1, 0.15) is 6.04 Å². The molecule has 1 heterocycles. The topological polar surface area (TPSA) is 59.7 Å². The highest BCUT2D eigenvalue weighted by atomic mass is 35.5. The van der Waals surface area contributed by atoms with Crippen molar-refractivity contribution in [2.75, 3.05) is 33.3 Å². The number of nitriles is 1. The van der Waals surface area contributed by atoms with Gasteiger partial charge in [-0.15, -0.1) is 0 Å². The van der Waals surface area contributed by atoms with E-state index in [1.165, 1.54) is 0 Å². The molecule has 1 aliphatic heterocycles. The summed E-state index contributed by atoms with van der Waals surface area (Å²) in [6, 6.07) is 5.71. The van der Waals surface area contributed by atoms with E-state index in [2.05, 4.69) is 29.8 Å². The third-order valence-electron chi connectivity index (χ3n) is 4.32. The van der Waals surface area contributed by atoms with Crippen molar-refractivity contribution in [3.8, 4) is 17.6 Å². The summed E-state index contributed by atoms with van der Waals surface area (Å²) in [5.41, 5.74) is 0.766. The number of aromatic hydroxyl groups is 1. The monoisotopic (exact) mass is 337 g/mol. The lowest BCUT2D eigenvalue weighted by molar-refractivity contribution is 0.0675. The van der Waals surface area contributed by atoms with Gasteiger partial charge < -0.3 is 14.7 Å². The fourth-order valence-electron chi connectivity index (χ4n) is 3.09. The fourth-order valence-corrected chi connectivity index (χ4v) is 3.30. The molecule has 6 heteroatoms. The molecule has 0 radical (unpaired) electrons. The Morgan fingerprint density at radius 2 is 2.17 bits per heavy atom. The molecular weight excluding hydrogens is 314 g/mol. The quantitative estimate of drug-likeness (QED) is 0.895. The molecule has 1 fully saturated rings. The summed E-state index contributed by atoms with van der Waals surface area (Å²) in [5.74, 6) is 0.261. The molecule has 0 aliphatic carbocycles. The Labute approximate surface area is 143 Å². The molecule has 2 rings (SSSR count). The van der Waals surface area contributed by atoms with Gasteiger partial charge in [0, 0.05) is 25.7 Å². The molecule has 2 atom stereocenters. The SMILES string of the molecule is CCOc1cc(C(C#N)N2CCN(C)CC2CC)cc(Cl)c1O. The molecule has 0 amide bonds. The third-order valence-corrected chi connectivity index (χ3v) is 4.61. The van der Waals surface area contributed by atoms with Crippen LogP contribution in [-0.4, -0.2) is 54.2 Å². The van der Waals surface area contributed by atoms with Crippen LogP contribution >= 0.6 is 11.6 Å². The molecule has 23 heavy (non-hydrogen) atoms. The van der Waals surface area contributed by atoms with E-state index in [1.54, 1.807) is 12.1 Å². The number of nitrogens with zero attached hydrogens (tertiary/aromatic N) is 3. The lowest BCUT2D eigenvalue weighted by atomic mass is 10.0. The van der Waals surface area contributed by atoms with Crippen LogP contribution in [0.3, 0.4) is 0 Å². The Bertz CT molecular complexity index is 588. The number of halogens is 1. The van der Waals surface area contributed by atoms with Crippen molar-refractivity contribution in [2.24, 2.45) is 0 Å². The van der Waals surface area contributed by atoms with E-state index < -0.39 is 6.04 Å². The maximum atomic E-state index is 9.99. The number of piperazine rings is 1. The average molecular weight is 338 g/mol. The van der Waals surface area contributed by atoms with Crippen molar-refractivity contribution < 1.29 is 9.84 Å². The zero-order chi connectivity index (χ0) is 17.0. The smallest absolute Gasteiger partial charge is 0.176 e. The van der Waals surface area contributed by atoms with Gasteiger partial charge in [0.2, 0.25) is 0 Å². The first-order chi connectivity index (χ1) is 11.0. The minimum atomic E-state index is -0.397. The lowest BCUT2D eigenvalue weighted by Crippen LogP contribution is -2.52. The van der Waals surface area contributed by atoms with E-state index in [1.807, 2.05) is 6.92 Å². The third kappa shape index (κ3) is 3.89. The number of hydrogen-bond acceptors (Lipinski definition) is 5. The first kappa shape index (κ1) is 17.9. The molecule has 5 nitrogen and oxygen atoms in total. The number of ether oxygens (including phenoxy) is 1. The van der Waals surface area contributed by atoms with Crippen molar-refractivity contribution in [3.05, 3.63) is 22.7 Å². The van der Waals surface area contributed by atoms with Crippen molar-refractivity contribution in [1.29, 1.82) is 5.26 Å². The van der Waals surface area contributed by atoms with Crippen molar-refractivity contribution >= 4 is 11.6 Å². The Morgan fingerprint density at radius 3 is 2.78 bits per heavy atom. The van der Waals surface area contributed by atoms with Crippen LogP contribution in [-0.2, 0) is 0 Å². The van der Waals surface area contributed by atoms with Crippen LogP contribution in [0.25, 0.3) is 0 Å². The summed E-state index contributed by atoms with van der Waals surface area (Å²) < 4.78 is 5.44. The Balaban J connectivity index is 2.35. The molecule has 1 saturated heterocycles. The maximum absolute atomic E-state index is 9.99. The number of phenolic OH excluding ortho intramolecular Hbond substituents is 1. The molecule has 1 aliphatic rings. The molecule has 1 aromatic rings. The minimum absolute atomic E-state index is 0.0700. The van der Waals surface area contributed by atoms with Gasteiger partial charge in [-0.1, -0.05) is 18.5 Å². The van der Waals surface area contributed by atoms with Crippen molar-refractivity contribution in [2.45, 2.75) is 32.4 Å². The minimum Gasteiger partial charge on any atom is -0.503 e. The van der Waals surface area contributed by atoms with Crippen molar-refractivity contribution in [1.82, 2.24) is 9.80 Å². The zero-order valence-electron chi connectivity index (χ0n) is 13.9. The zero-order valence-corrected chi connectivity index (χ0v) is 14.7. The van der Waals surface area contributed by atoms with Crippen molar-refractivity contribution in [3.63, 3.8) is 0 Å². The van der Waals surface area contributed by atoms with Gasteiger partial charge in [0.25, 0.3) is 0 Å². The van der Waals surface area contributed by atoms with Crippen LogP contribution in [0, 0.1) is 11.3 Å². The fraction of sp³-hybridized carbons (Fsp3) is 0.588. The molecule has 1 aromatic carbocycles. The maximum Gasteiger partial charge on any atom is 0.176 e. The second-order valence-corrected chi connectivity index (χ2v) is 6.28. The molecule has 2 unspecified atom stereocenters. The molecular formula is C17H24ClN3O2. The van der Waals surface area contributed by atoms with E-state index >= 15 is 0 Å². The summed E-state index contributed by atoms with van der Waals surface area (Å²) in [7, 11) is 2.10. The molecule has 126 valence electrons. The van der Waals surface area contributed by atoms with E-state index in [4.69, 9.17) is 16.3 Å². The highest BCUT2D eigenvalue weighted by Gasteiger charge is 2.31. The van der Waals surface area contributed by atoms with E-state index in [-0.39, 0.29) is 10.8 Å². The van der Waals surface area contributed by atoms with Gasteiger partial charge in [-0.05, 0) is 38.1 Å². The van der Waals surface area contributed by atoms with Crippen LogP contribution in [0.5, 0.6) is 11.5 Å². The second kappa shape index (κ2) is 7.87. The molecule has 0 bridgehead atoms. The second-order valence-electron chi connectivity index (χ2n) is 5.88. The summed E-state index contributed by atoms with van der Waals surface area (Å²) in [6.45, 7) is 7.11. The number of rotatable bonds is 5. The van der Waals surface area contributed by atoms with E-state index in [0.29, 0.717) is 18.4 Å². The van der Waals surface area contributed by atoms with Crippen LogP contribution in [0.2, 0.25) is 5.02 Å². The first-order valence-corrected chi connectivity index (χ1v) is 8.38. The number of benzene rings is 1. The molecule has 0 spiro atoms. The Morgan fingerprint density at radius 1 is 1.43 bits per heavy atom. The number of likely N-dealkylation sites (N-methyl/N-ethyl adjacent to an activating group) is 1.